The summed E-state index contributed by atoms with van der Waals surface area (Å²) >= 11 is 9.54. The second-order valence-electron chi connectivity index (χ2n) is 18.6. The van der Waals surface area contributed by atoms with Crippen molar-refractivity contribution in [2.75, 3.05) is 7.11 Å². The summed E-state index contributed by atoms with van der Waals surface area (Å²) in [4.78, 5) is 38.8. The van der Waals surface area contributed by atoms with E-state index in [9.17, 15) is 14.4 Å². The van der Waals surface area contributed by atoms with Gasteiger partial charge in [0.05, 0.1) is 12.7 Å². The number of nitrogens with zero attached hydrogens (tertiary/aromatic N) is 2. The van der Waals surface area contributed by atoms with Gasteiger partial charge in [-0.2, -0.15) is 0 Å². The summed E-state index contributed by atoms with van der Waals surface area (Å²) in [6.07, 6.45) is 21.9. The maximum Gasteiger partial charge on any atom is 0.254 e. The maximum atomic E-state index is 12.5. The number of aldehydes is 1. The van der Waals surface area contributed by atoms with Gasteiger partial charge in [-0.05, 0) is 122 Å². The average molecular weight is 1520 g/mol. The van der Waals surface area contributed by atoms with E-state index in [-0.39, 0.29) is 29.9 Å². The van der Waals surface area contributed by atoms with Gasteiger partial charge in [0, 0.05) is 86.1 Å². The molecule has 6 aliphatic carbocycles. The van der Waals surface area contributed by atoms with Crippen LogP contribution in [0, 0.1) is 35.5 Å². The molecule has 0 radical (unpaired) electrons. The van der Waals surface area contributed by atoms with Crippen LogP contribution < -0.4 is 19.0 Å². The molecule has 342 valence electrons. The van der Waals surface area contributed by atoms with E-state index in [0.717, 1.165) is 53.7 Å². The monoisotopic (exact) mass is 1520 g/mol. The third-order valence-corrected chi connectivity index (χ3v) is 14.8. The Morgan fingerprint density at radius 2 is 1.06 bits per heavy atom. The van der Waals surface area contributed by atoms with Crippen molar-refractivity contribution < 1.29 is 32.4 Å². The van der Waals surface area contributed by atoms with Crippen molar-refractivity contribution in [2.24, 2.45) is 41.2 Å². The number of fused-ring (bicyclic) bond motifs is 8. The standard InChI is InChI=1S/C16H19NO.C16H21N.C9H8O3.C8H15N.I3.I2.HI/c18-16-15-4-2-1-3-13(15)10-17(16)14-8-11-5-6-12(7-11)9-14;1-2-4-15-11-17(10-14(15)3-1)16-8-12-5-6-13(7-12)9-16;1-12-9(11)8-5-3-2-4-7(8)6-10;9-8-4-6-1-2-7(3-6)5-8;1-3-2;1-2;/h1-4,11-12,14H,5-10H2;1-4,12-13,16H,5-11H2;2-6H,1H3;6-8H,1-5,9H2;;;1H/q;;;;-1;;/t11-,12+,14?;12-,13+,16?;;6-,7+,8?;;;. The third kappa shape index (κ3) is 14.8. The molecule has 3 aromatic carbocycles. The van der Waals surface area contributed by atoms with E-state index in [1.807, 2.05) is 18.2 Å². The van der Waals surface area contributed by atoms with Gasteiger partial charge in [0.25, 0.3) is 5.91 Å². The number of methoxy groups -OCH3 is 1. The number of amides is 1. The van der Waals surface area contributed by atoms with Crippen molar-refractivity contribution in [3.8, 4) is 0 Å². The SMILES string of the molecule is COC(=O)c1ccccc1C=O.I.II.I[I-]I.NC1C[C@H]2CC[C@@H](C1)C2.O=C1c2ccccc2CN1C1C[C@H]2CC[C@@H](C1)C2.c1ccc2c(c1)CN(C1C[C@H]3CC[C@@H](C1)C3)C2. The van der Waals surface area contributed by atoms with Crippen LogP contribution in [0.5, 0.6) is 0 Å². The molecule has 3 unspecified atom stereocenters. The van der Waals surface area contributed by atoms with Crippen molar-refractivity contribution in [1.29, 1.82) is 0 Å². The molecule has 3 aromatic rings. The molecule has 6 bridgehead atoms. The summed E-state index contributed by atoms with van der Waals surface area (Å²) in [6.45, 7) is 3.26. The minimum atomic E-state index is -0.488. The zero-order valence-electron chi connectivity index (χ0n) is 35.8. The van der Waals surface area contributed by atoms with Gasteiger partial charge in [0.2, 0.25) is 0 Å². The van der Waals surface area contributed by atoms with Gasteiger partial charge in [0.15, 0.2) is 6.29 Å². The fourth-order valence-electron chi connectivity index (χ4n) is 12.1. The number of carbonyl (C=O) groups excluding carboxylic acids is 3. The molecule has 0 aromatic heterocycles. The van der Waals surface area contributed by atoms with Crippen LogP contribution in [0.2, 0.25) is 0 Å². The van der Waals surface area contributed by atoms with Crippen LogP contribution in [0.1, 0.15) is 144 Å². The number of benzene rings is 3. The average Bonchev–Trinajstić information content (AvgIpc) is 4.12. The van der Waals surface area contributed by atoms with Gasteiger partial charge in [-0.3, -0.25) is 14.5 Å². The molecule has 0 saturated heterocycles. The molecule has 2 N–H and O–H groups in total. The van der Waals surface area contributed by atoms with Gasteiger partial charge in [0.1, 0.15) is 0 Å². The van der Waals surface area contributed by atoms with Crippen LogP contribution in [0.25, 0.3) is 0 Å². The number of halogens is 6. The molecule has 11 rings (SSSR count). The zero-order chi connectivity index (χ0) is 43.3. The molecule has 2 aliphatic heterocycles. The summed E-state index contributed by atoms with van der Waals surface area (Å²) in [5, 5.41) is 0. The fourth-order valence-corrected chi connectivity index (χ4v) is 12.1. The molecule has 9 atom stereocenters. The van der Waals surface area contributed by atoms with Gasteiger partial charge in [-0.1, -0.05) is 99.2 Å². The predicted octanol–water partition coefficient (Wildman–Crippen LogP) is 10.8. The molecule has 7 nitrogen and oxygen atoms in total. The fraction of sp³-hybridized carbons (Fsp3) is 0.571. The van der Waals surface area contributed by atoms with E-state index in [0.29, 0.717) is 42.8 Å². The smallest absolute Gasteiger partial charge is 0.254 e. The van der Waals surface area contributed by atoms with Crippen molar-refractivity contribution in [3.63, 3.8) is 0 Å². The maximum absolute atomic E-state index is 12.5. The Bertz CT molecular complexity index is 1830. The predicted molar refractivity (Wildman–Crippen MR) is 292 cm³/mol. The Kier molecular flexibility index (Phi) is 23.8. The number of hydrogen-bond acceptors (Lipinski definition) is 6. The summed E-state index contributed by atoms with van der Waals surface area (Å²) in [7, 11) is 1.28. The zero-order valence-corrected chi connectivity index (χ0v) is 49.0. The Hall–Kier alpha value is 0.570. The van der Waals surface area contributed by atoms with E-state index in [2.05, 4.69) is 119 Å². The molecule has 6 fully saturated rings. The second-order valence-corrected chi connectivity index (χ2v) is 34.9. The molecule has 62 heavy (non-hydrogen) atoms. The quantitative estimate of drug-likeness (QED) is 0.159. The van der Waals surface area contributed by atoms with Crippen LogP contribution in [0.3, 0.4) is 0 Å². The van der Waals surface area contributed by atoms with E-state index in [1.165, 1.54) is 122 Å². The van der Waals surface area contributed by atoms with Crippen LogP contribution in [0.15, 0.2) is 72.8 Å². The Morgan fingerprint density at radius 3 is 1.53 bits per heavy atom. The molecule has 1 amide bonds. The summed E-state index contributed by atoms with van der Waals surface area (Å²) < 4.78 is 4.48. The Morgan fingerprint density at radius 1 is 0.645 bits per heavy atom. The first kappa shape index (κ1) is 53.5. The number of rotatable bonds is 4. The van der Waals surface area contributed by atoms with E-state index in [1.54, 1.807) is 35.4 Å². The van der Waals surface area contributed by atoms with Gasteiger partial charge in [-0.15, -0.1) is 24.0 Å². The van der Waals surface area contributed by atoms with Crippen LogP contribution in [-0.2, 0) is 24.4 Å². The molecule has 8 aliphatic rings. The van der Waals surface area contributed by atoms with Crippen molar-refractivity contribution in [2.45, 2.75) is 134 Å². The normalized spacial score (nSPS) is 29.2. The summed E-state index contributed by atoms with van der Waals surface area (Å²) in [5.74, 6) is 5.72. The van der Waals surface area contributed by atoms with Crippen molar-refractivity contribution in [3.05, 3.63) is 106 Å². The molecular formula is C49H64I6N3O4-. The number of esters is 1. The van der Waals surface area contributed by atoms with Gasteiger partial charge >= 0.3 is 56.5 Å². The van der Waals surface area contributed by atoms with E-state index in [4.69, 9.17) is 5.73 Å². The van der Waals surface area contributed by atoms with Crippen molar-refractivity contribution >= 4 is 117 Å². The number of hydrogen-bond donors (Lipinski definition) is 1. The van der Waals surface area contributed by atoms with E-state index < -0.39 is 5.97 Å². The Balaban J connectivity index is 0.000000154. The first-order chi connectivity index (χ1) is 29.7. The third-order valence-electron chi connectivity index (χ3n) is 14.8. The number of nitrogens with two attached hydrogens (primary N) is 1. The number of ether oxygens (including phenoxy) is 1. The summed E-state index contributed by atoms with van der Waals surface area (Å²) in [5.41, 5.74) is 11.8. The molecule has 13 heteroatoms. The largest absolute Gasteiger partial charge is 0.331 e. The van der Waals surface area contributed by atoms with Crippen LogP contribution in [0.4, 0.5) is 0 Å². The second kappa shape index (κ2) is 27.5. The topological polar surface area (TPSA) is 92.9 Å². The minimum absolute atomic E-state index is 0. The summed E-state index contributed by atoms with van der Waals surface area (Å²) in [6, 6.07) is 25.5. The van der Waals surface area contributed by atoms with Gasteiger partial charge < -0.3 is 15.4 Å². The molecule has 0 spiro atoms. The van der Waals surface area contributed by atoms with Crippen molar-refractivity contribution in [1.82, 2.24) is 9.80 Å². The molecule has 2 heterocycles. The Labute approximate surface area is 441 Å². The van der Waals surface area contributed by atoms with Gasteiger partial charge in [-0.25, -0.2) is 4.79 Å². The number of carbonyl (C=O) groups is 3. The molecule has 6 saturated carbocycles. The minimum Gasteiger partial charge on any atom is -0.331 e. The molecular weight excluding hydrogens is 1460 g/mol. The van der Waals surface area contributed by atoms with E-state index >= 15 is 0 Å². The van der Waals surface area contributed by atoms with Crippen LogP contribution in [-0.4, -0.2) is 53.2 Å². The van der Waals surface area contributed by atoms with Crippen LogP contribution >= 0.6 is 98.4 Å². The first-order valence-corrected chi connectivity index (χ1v) is 41.2. The first-order valence-electron chi connectivity index (χ1n) is 22.3.